The lowest BCUT2D eigenvalue weighted by Gasteiger charge is -2.15. The Bertz CT molecular complexity index is 1260. The third-order valence-electron chi connectivity index (χ3n) is 5.72. The van der Waals surface area contributed by atoms with Crippen LogP contribution in [0, 0.1) is 0 Å². The fraction of sp³-hybridized carbons (Fsp3) is 0.348. The van der Waals surface area contributed by atoms with Crippen molar-refractivity contribution in [3.8, 4) is 17.3 Å². The van der Waals surface area contributed by atoms with Gasteiger partial charge in [0, 0.05) is 44.4 Å². The quantitative estimate of drug-likeness (QED) is 0.430. The van der Waals surface area contributed by atoms with Gasteiger partial charge in [0.15, 0.2) is 11.5 Å². The van der Waals surface area contributed by atoms with Gasteiger partial charge in [-0.25, -0.2) is 4.98 Å². The molecule has 1 saturated heterocycles. The minimum atomic E-state index is 0.263. The van der Waals surface area contributed by atoms with Gasteiger partial charge in [-0.1, -0.05) is 23.7 Å². The molecule has 0 saturated carbocycles. The maximum absolute atomic E-state index is 6.62. The second-order valence-corrected chi connectivity index (χ2v) is 8.44. The van der Waals surface area contributed by atoms with Crippen molar-refractivity contribution in [1.82, 2.24) is 24.5 Å². The average Bonchev–Trinajstić information content (AvgIpc) is 3.41. The number of aromatic nitrogens is 4. The Labute approximate surface area is 190 Å². The molecular weight excluding hydrogens is 428 g/mol. The Hall–Kier alpha value is -2.78. The van der Waals surface area contributed by atoms with E-state index in [4.69, 9.17) is 31.8 Å². The van der Waals surface area contributed by atoms with Crippen molar-refractivity contribution >= 4 is 28.2 Å². The number of methoxy groups -OCH3 is 1. The van der Waals surface area contributed by atoms with E-state index in [1.54, 1.807) is 7.11 Å². The first-order chi connectivity index (χ1) is 15.6. The van der Waals surface area contributed by atoms with Crippen LogP contribution < -0.4 is 10.5 Å². The summed E-state index contributed by atoms with van der Waals surface area (Å²) in [6.45, 7) is 3.70. The minimum Gasteiger partial charge on any atom is -0.490 e. The number of benzene rings is 1. The van der Waals surface area contributed by atoms with Crippen LogP contribution >= 0.6 is 11.6 Å². The lowest BCUT2D eigenvalue weighted by molar-refractivity contribution is 0.146. The summed E-state index contributed by atoms with van der Waals surface area (Å²) >= 11 is 6.62. The number of likely N-dealkylation sites (tertiary alicyclic amines) is 1. The Kier molecular flexibility index (Phi) is 5.93. The van der Waals surface area contributed by atoms with E-state index in [0.717, 1.165) is 37.1 Å². The van der Waals surface area contributed by atoms with E-state index >= 15 is 0 Å². The number of ether oxygens (including phenoxy) is 2. The number of hydrogen-bond acceptors (Lipinski definition) is 7. The lowest BCUT2D eigenvalue weighted by Crippen LogP contribution is -2.26. The molecule has 0 spiro atoms. The number of halogens is 1. The minimum absolute atomic E-state index is 0.263. The van der Waals surface area contributed by atoms with Crippen LogP contribution in [0.1, 0.15) is 12.0 Å². The first kappa shape index (κ1) is 21.1. The molecule has 4 aromatic rings. The molecule has 0 radical (unpaired) electrons. The van der Waals surface area contributed by atoms with Gasteiger partial charge >= 0.3 is 0 Å². The van der Waals surface area contributed by atoms with Gasteiger partial charge in [-0.15, -0.1) is 10.2 Å². The largest absolute Gasteiger partial charge is 0.490 e. The van der Waals surface area contributed by atoms with Crippen molar-refractivity contribution in [3.05, 3.63) is 53.2 Å². The van der Waals surface area contributed by atoms with E-state index in [9.17, 15) is 0 Å². The van der Waals surface area contributed by atoms with E-state index in [0.29, 0.717) is 41.0 Å². The molecule has 3 aromatic heterocycles. The first-order valence-electron chi connectivity index (χ1n) is 10.7. The fourth-order valence-electron chi connectivity index (χ4n) is 4.07. The van der Waals surface area contributed by atoms with Crippen LogP contribution in [0.4, 0.5) is 0 Å². The molecule has 0 bridgehead atoms. The zero-order valence-corrected chi connectivity index (χ0v) is 18.6. The van der Waals surface area contributed by atoms with Crippen LogP contribution in [-0.4, -0.2) is 63.9 Å². The molecule has 1 atom stereocenters. The van der Waals surface area contributed by atoms with E-state index in [-0.39, 0.29) is 6.04 Å². The summed E-state index contributed by atoms with van der Waals surface area (Å²) in [5.74, 6) is 1.25. The maximum atomic E-state index is 6.62. The molecule has 5 rings (SSSR count). The highest BCUT2D eigenvalue weighted by Crippen LogP contribution is 2.33. The number of rotatable bonds is 7. The average molecular weight is 453 g/mol. The monoisotopic (exact) mass is 452 g/mol. The van der Waals surface area contributed by atoms with Crippen molar-refractivity contribution in [2.24, 2.45) is 5.73 Å². The summed E-state index contributed by atoms with van der Waals surface area (Å²) in [5.41, 5.74) is 9.37. The third-order valence-corrected chi connectivity index (χ3v) is 6.08. The van der Waals surface area contributed by atoms with Crippen LogP contribution in [0.5, 0.6) is 5.75 Å². The van der Waals surface area contributed by atoms with E-state index in [2.05, 4.69) is 27.4 Å². The Morgan fingerprint density at radius 3 is 2.81 bits per heavy atom. The van der Waals surface area contributed by atoms with Crippen molar-refractivity contribution in [3.63, 3.8) is 0 Å². The Morgan fingerprint density at radius 2 is 2.00 bits per heavy atom. The summed E-state index contributed by atoms with van der Waals surface area (Å²) < 4.78 is 12.8. The zero-order chi connectivity index (χ0) is 22.1. The van der Waals surface area contributed by atoms with Crippen LogP contribution in [-0.2, 0) is 11.3 Å². The van der Waals surface area contributed by atoms with Gasteiger partial charge in [-0.2, -0.15) is 0 Å². The van der Waals surface area contributed by atoms with Gasteiger partial charge in [-0.3, -0.25) is 9.30 Å². The van der Waals surface area contributed by atoms with Gasteiger partial charge < -0.3 is 15.2 Å². The summed E-state index contributed by atoms with van der Waals surface area (Å²) in [7, 11) is 1.63. The molecule has 1 aliphatic heterocycles. The normalized spacial score (nSPS) is 16.9. The smallest absolute Gasteiger partial charge is 0.187 e. The molecule has 9 heteroatoms. The topological polar surface area (TPSA) is 90.8 Å². The molecule has 0 aliphatic carbocycles. The molecule has 4 heterocycles. The molecule has 8 nitrogen and oxygen atoms in total. The number of nitrogens with zero attached hydrogens (tertiary/aromatic N) is 5. The highest BCUT2D eigenvalue weighted by molar-refractivity contribution is 6.36. The Morgan fingerprint density at radius 1 is 1.12 bits per heavy atom. The molecule has 1 aliphatic rings. The summed E-state index contributed by atoms with van der Waals surface area (Å²) in [6.07, 6.45) is 3.12. The summed E-state index contributed by atoms with van der Waals surface area (Å²) in [6, 6.07) is 12.1. The standard InChI is InChI=1S/C23H25ClN6O2/c1-31-10-11-32-19-6-4-16-3-5-18(26-22(16)21(19)24)23-28-27-20-7-2-15(13-30(20)23)12-29-9-8-17(25)14-29/h2-7,13,17H,8-12,14,25H2,1H3. The van der Waals surface area contributed by atoms with Gasteiger partial charge in [0.1, 0.15) is 23.1 Å². The van der Waals surface area contributed by atoms with Crippen LogP contribution in [0.3, 0.4) is 0 Å². The summed E-state index contributed by atoms with van der Waals surface area (Å²) in [4.78, 5) is 7.18. The number of fused-ring (bicyclic) bond motifs is 2. The van der Waals surface area contributed by atoms with E-state index < -0.39 is 0 Å². The predicted octanol–water partition coefficient (Wildman–Crippen LogP) is 3.16. The summed E-state index contributed by atoms with van der Waals surface area (Å²) in [5, 5.41) is 10.1. The first-order valence-corrected chi connectivity index (χ1v) is 11.0. The Balaban J connectivity index is 1.49. The number of hydrogen-bond donors (Lipinski definition) is 1. The zero-order valence-electron chi connectivity index (χ0n) is 17.9. The van der Waals surface area contributed by atoms with Gasteiger partial charge in [0.25, 0.3) is 0 Å². The van der Waals surface area contributed by atoms with Crippen molar-refractivity contribution < 1.29 is 9.47 Å². The van der Waals surface area contributed by atoms with Crippen molar-refractivity contribution in [1.29, 1.82) is 0 Å². The molecule has 2 N–H and O–H groups in total. The van der Waals surface area contributed by atoms with Crippen LogP contribution in [0.2, 0.25) is 5.02 Å². The molecule has 166 valence electrons. The van der Waals surface area contributed by atoms with E-state index in [1.807, 2.05) is 34.7 Å². The van der Waals surface area contributed by atoms with Crippen LogP contribution in [0.25, 0.3) is 28.1 Å². The molecule has 32 heavy (non-hydrogen) atoms. The van der Waals surface area contributed by atoms with Gasteiger partial charge in [-0.05, 0) is 36.2 Å². The van der Waals surface area contributed by atoms with Crippen molar-refractivity contribution in [2.75, 3.05) is 33.4 Å². The second kappa shape index (κ2) is 8.99. The highest BCUT2D eigenvalue weighted by atomic mass is 35.5. The van der Waals surface area contributed by atoms with Gasteiger partial charge in [0.2, 0.25) is 0 Å². The van der Waals surface area contributed by atoms with Gasteiger partial charge in [0.05, 0.1) is 12.1 Å². The third kappa shape index (κ3) is 4.14. The molecular formula is C23H25ClN6O2. The van der Waals surface area contributed by atoms with E-state index in [1.165, 1.54) is 5.56 Å². The van der Waals surface area contributed by atoms with Crippen molar-refractivity contribution in [2.45, 2.75) is 19.0 Å². The van der Waals surface area contributed by atoms with Crippen LogP contribution in [0.15, 0.2) is 42.6 Å². The molecule has 1 aromatic carbocycles. The fourth-order valence-corrected chi connectivity index (χ4v) is 4.34. The molecule has 1 unspecified atom stereocenters. The lowest BCUT2D eigenvalue weighted by atomic mass is 10.2. The number of nitrogens with two attached hydrogens (primary N) is 1. The highest BCUT2D eigenvalue weighted by Gasteiger charge is 2.19. The molecule has 1 fully saturated rings. The SMILES string of the molecule is COCCOc1ccc2ccc(-c3nnc4ccc(CN5CCC(N)C5)cn34)nc2c1Cl. The maximum Gasteiger partial charge on any atom is 0.187 e. The predicted molar refractivity (Wildman–Crippen MR) is 124 cm³/mol. The molecule has 0 amide bonds. The number of pyridine rings is 2. The second-order valence-electron chi connectivity index (χ2n) is 8.06.